The van der Waals surface area contributed by atoms with Gasteiger partial charge in [-0.15, -0.1) is 12.4 Å². The van der Waals surface area contributed by atoms with Gasteiger partial charge in [-0.1, -0.05) is 24.6 Å². The number of aliphatic hydroxyl groups is 1. The van der Waals surface area contributed by atoms with E-state index < -0.39 is 28.9 Å². The molecule has 0 aliphatic rings. The van der Waals surface area contributed by atoms with Crippen LogP contribution in [0.4, 0.5) is 13.2 Å². The molecule has 0 radical (unpaired) electrons. The van der Waals surface area contributed by atoms with Crippen LogP contribution in [0.5, 0.6) is 0 Å². The molecule has 0 aliphatic carbocycles. The van der Waals surface area contributed by atoms with Crippen molar-refractivity contribution in [1.82, 2.24) is 0 Å². The third-order valence-electron chi connectivity index (χ3n) is 2.52. The zero-order valence-electron chi connectivity index (χ0n) is 9.54. The summed E-state index contributed by atoms with van der Waals surface area (Å²) in [5, 5.41) is 9.10. The van der Waals surface area contributed by atoms with Crippen molar-refractivity contribution in [2.24, 2.45) is 5.73 Å². The van der Waals surface area contributed by atoms with Gasteiger partial charge in [-0.3, -0.25) is 0 Å². The standard InChI is InChI=1S/C11H13ClF3NO.ClH/c1-2-9(17)10(16)6-3-4-7(8(12)5-6)11(13,14)15;/h3-5,9-10,17H,2,16H2,1H3;1H/t9-,10+;/m0./s1. The smallest absolute Gasteiger partial charge is 0.391 e. The maximum absolute atomic E-state index is 12.4. The minimum Gasteiger partial charge on any atom is -0.391 e. The van der Waals surface area contributed by atoms with Crippen LogP contribution in [0.15, 0.2) is 18.2 Å². The fraction of sp³-hybridized carbons (Fsp3) is 0.455. The second-order valence-electron chi connectivity index (χ2n) is 3.74. The summed E-state index contributed by atoms with van der Waals surface area (Å²) in [5.41, 5.74) is 5.17. The fourth-order valence-electron chi connectivity index (χ4n) is 1.44. The van der Waals surface area contributed by atoms with Crippen LogP contribution in [0.1, 0.15) is 30.5 Å². The highest BCUT2D eigenvalue weighted by Gasteiger charge is 2.33. The van der Waals surface area contributed by atoms with Gasteiger partial charge in [0.05, 0.1) is 22.7 Å². The Morgan fingerprint density at radius 3 is 2.33 bits per heavy atom. The van der Waals surface area contributed by atoms with Gasteiger partial charge in [-0.05, 0) is 24.1 Å². The summed E-state index contributed by atoms with van der Waals surface area (Å²) in [4.78, 5) is 0. The molecule has 0 aromatic heterocycles. The molecule has 3 N–H and O–H groups in total. The summed E-state index contributed by atoms with van der Waals surface area (Å²) >= 11 is 5.55. The molecule has 1 aromatic carbocycles. The van der Waals surface area contributed by atoms with Crippen molar-refractivity contribution >= 4 is 24.0 Å². The molecule has 18 heavy (non-hydrogen) atoms. The van der Waals surface area contributed by atoms with Crippen LogP contribution in [0.25, 0.3) is 0 Å². The second kappa shape index (κ2) is 6.61. The highest BCUT2D eigenvalue weighted by atomic mass is 35.5. The molecule has 0 saturated heterocycles. The van der Waals surface area contributed by atoms with E-state index in [2.05, 4.69) is 0 Å². The number of halogens is 5. The van der Waals surface area contributed by atoms with Crippen molar-refractivity contribution < 1.29 is 18.3 Å². The van der Waals surface area contributed by atoms with Crippen LogP contribution in [-0.2, 0) is 6.18 Å². The number of hydrogen-bond acceptors (Lipinski definition) is 2. The molecule has 0 bridgehead atoms. The van der Waals surface area contributed by atoms with Gasteiger partial charge >= 0.3 is 6.18 Å². The number of hydrogen-bond donors (Lipinski definition) is 2. The minimum absolute atomic E-state index is 0. The molecule has 0 heterocycles. The van der Waals surface area contributed by atoms with Gasteiger partial charge in [0.1, 0.15) is 0 Å². The van der Waals surface area contributed by atoms with Crippen molar-refractivity contribution in [3.8, 4) is 0 Å². The third kappa shape index (κ3) is 4.02. The number of aliphatic hydroxyl groups excluding tert-OH is 1. The van der Waals surface area contributed by atoms with E-state index in [1.54, 1.807) is 6.92 Å². The zero-order valence-corrected chi connectivity index (χ0v) is 11.1. The van der Waals surface area contributed by atoms with Gasteiger partial charge in [0.25, 0.3) is 0 Å². The van der Waals surface area contributed by atoms with Crippen molar-refractivity contribution in [3.63, 3.8) is 0 Å². The quantitative estimate of drug-likeness (QED) is 0.897. The van der Waals surface area contributed by atoms with Crippen molar-refractivity contribution in [2.75, 3.05) is 0 Å². The van der Waals surface area contributed by atoms with Crippen LogP contribution in [-0.4, -0.2) is 11.2 Å². The van der Waals surface area contributed by atoms with Gasteiger partial charge in [-0.25, -0.2) is 0 Å². The maximum atomic E-state index is 12.4. The lowest BCUT2D eigenvalue weighted by Gasteiger charge is -2.19. The van der Waals surface area contributed by atoms with Gasteiger partial charge in [0.2, 0.25) is 0 Å². The largest absolute Gasteiger partial charge is 0.417 e. The van der Waals surface area contributed by atoms with E-state index in [0.717, 1.165) is 12.1 Å². The van der Waals surface area contributed by atoms with E-state index in [4.69, 9.17) is 17.3 Å². The van der Waals surface area contributed by atoms with Crippen LogP contribution in [0.2, 0.25) is 5.02 Å². The first-order chi connectivity index (χ1) is 7.77. The SMILES string of the molecule is CC[C@H](O)[C@H](N)c1ccc(C(F)(F)F)c(Cl)c1.Cl. The molecule has 0 aliphatic heterocycles. The molecule has 2 atom stereocenters. The van der Waals surface area contributed by atoms with E-state index in [1.165, 1.54) is 6.07 Å². The topological polar surface area (TPSA) is 46.2 Å². The Hall–Kier alpha value is -0.490. The number of alkyl halides is 3. The zero-order chi connectivity index (χ0) is 13.2. The predicted molar refractivity (Wildman–Crippen MR) is 66.9 cm³/mol. The minimum atomic E-state index is -4.48. The molecule has 0 spiro atoms. The Kier molecular flexibility index (Phi) is 6.43. The lowest BCUT2D eigenvalue weighted by atomic mass is 9.99. The Morgan fingerprint density at radius 2 is 1.94 bits per heavy atom. The number of nitrogens with two attached hydrogens (primary N) is 1. The van der Waals surface area contributed by atoms with E-state index in [-0.39, 0.29) is 12.4 Å². The maximum Gasteiger partial charge on any atom is 0.417 e. The van der Waals surface area contributed by atoms with Crippen LogP contribution >= 0.6 is 24.0 Å². The lowest BCUT2D eigenvalue weighted by Crippen LogP contribution is -2.25. The summed E-state index contributed by atoms with van der Waals surface area (Å²) in [7, 11) is 0. The molecule has 1 rings (SSSR count). The Balaban J connectivity index is 0.00000289. The number of benzene rings is 1. The van der Waals surface area contributed by atoms with Crippen LogP contribution in [0, 0.1) is 0 Å². The highest BCUT2D eigenvalue weighted by molar-refractivity contribution is 6.31. The lowest BCUT2D eigenvalue weighted by molar-refractivity contribution is -0.137. The summed E-state index contributed by atoms with van der Waals surface area (Å²) in [6, 6.07) is 2.52. The molecule has 0 unspecified atom stereocenters. The average Bonchev–Trinajstić information content (AvgIpc) is 2.25. The van der Waals surface area contributed by atoms with Crippen molar-refractivity contribution in [1.29, 1.82) is 0 Å². The summed E-state index contributed by atoms with van der Waals surface area (Å²) in [6.07, 6.45) is -4.87. The molecular formula is C11H14Cl2F3NO. The van der Waals surface area contributed by atoms with E-state index >= 15 is 0 Å². The van der Waals surface area contributed by atoms with E-state index in [1.807, 2.05) is 0 Å². The van der Waals surface area contributed by atoms with Crippen molar-refractivity contribution in [2.45, 2.75) is 31.7 Å². The predicted octanol–water partition coefficient (Wildman–Crippen LogP) is 3.55. The molecule has 0 amide bonds. The average molecular weight is 304 g/mol. The first kappa shape index (κ1) is 17.5. The summed E-state index contributed by atoms with van der Waals surface area (Å²) in [6.45, 7) is 1.73. The van der Waals surface area contributed by atoms with E-state index in [9.17, 15) is 18.3 Å². The first-order valence-electron chi connectivity index (χ1n) is 5.07. The van der Waals surface area contributed by atoms with Crippen molar-refractivity contribution in [3.05, 3.63) is 34.3 Å². The molecule has 104 valence electrons. The van der Waals surface area contributed by atoms with Gasteiger partial charge in [0.15, 0.2) is 0 Å². The second-order valence-corrected chi connectivity index (χ2v) is 4.15. The molecule has 0 saturated carbocycles. The first-order valence-corrected chi connectivity index (χ1v) is 5.45. The molecule has 7 heteroatoms. The summed E-state index contributed by atoms with van der Waals surface area (Å²) in [5.74, 6) is 0. The Labute approximate surface area is 114 Å². The number of rotatable bonds is 3. The van der Waals surface area contributed by atoms with Crippen LogP contribution < -0.4 is 5.73 Å². The Bertz CT molecular complexity index is 398. The highest BCUT2D eigenvalue weighted by Crippen LogP contribution is 2.35. The molecule has 2 nitrogen and oxygen atoms in total. The van der Waals surface area contributed by atoms with Gasteiger partial charge < -0.3 is 10.8 Å². The van der Waals surface area contributed by atoms with Gasteiger partial charge in [0, 0.05) is 0 Å². The van der Waals surface area contributed by atoms with E-state index in [0.29, 0.717) is 12.0 Å². The molecular weight excluding hydrogens is 290 g/mol. The monoisotopic (exact) mass is 303 g/mol. The van der Waals surface area contributed by atoms with Crippen LogP contribution in [0.3, 0.4) is 0 Å². The summed E-state index contributed by atoms with van der Waals surface area (Å²) < 4.78 is 37.3. The molecule has 0 fully saturated rings. The Morgan fingerprint density at radius 1 is 1.39 bits per heavy atom. The third-order valence-corrected chi connectivity index (χ3v) is 2.83. The normalized spacial score (nSPS) is 14.8. The molecule has 1 aromatic rings. The fourth-order valence-corrected chi connectivity index (χ4v) is 1.74. The van der Waals surface area contributed by atoms with Gasteiger partial charge in [-0.2, -0.15) is 13.2 Å².